The number of thioether (sulfide) groups is 1. The number of nitrogens with one attached hydrogen (secondary N) is 2. The van der Waals surface area contributed by atoms with E-state index in [4.69, 9.17) is 0 Å². The Labute approximate surface area is 167 Å². The molecule has 0 aromatic rings. The maximum atomic E-state index is 13.5. The number of amides is 2. The van der Waals surface area contributed by atoms with Crippen molar-refractivity contribution in [3.63, 3.8) is 0 Å². The highest BCUT2D eigenvalue weighted by Crippen LogP contribution is 2.45. The van der Waals surface area contributed by atoms with Crippen molar-refractivity contribution >= 4 is 23.6 Å². The highest BCUT2D eigenvalue weighted by atomic mass is 32.2. The Morgan fingerprint density at radius 1 is 1.04 bits per heavy atom. The van der Waals surface area contributed by atoms with Crippen LogP contribution in [0.25, 0.3) is 0 Å². The molecular weight excluding hydrogens is 358 g/mol. The van der Waals surface area contributed by atoms with E-state index < -0.39 is 0 Å². The van der Waals surface area contributed by atoms with Gasteiger partial charge < -0.3 is 15.5 Å². The maximum absolute atomic E-state index is 13.5. The molecular formula is C21H35N3O2S. The van der Waals surface area contributed by atoms with E-state index in [-0.39, 0.29) is 17.9 Å². The second-order valence-electron chi connectivity index (χ2n) is 9.10. The molecule has 152 valence electrons. The molecule has 27 heavy (non-hydrogen) atoms. The van der Waals surface area contributed by atoms with E-state index in [1.165, 1.54) is 25.7 Å². The van der Waals surface area contributed by atoms with Crippen molar-refractivity contribution in [2.24, 2.45) is 11.8 Å². The Hall–Kier alpha value is -0.750. The van der Waals surface area contributed by atoms with Gasteiger partial charge in [0.2, 0.25) is 11.8 Å². The molecule has 4 rings (SSSR count). The zero-order valence-electron chi connectivity index (χ0n) is 16.8. The molecule has 5 unspecified atom stereocenters. The highest BCUT2D eigenvalue weighted by Gasteiger charge is 2.47. The molecule has 2 saturated carbocycles. The normalized spacial score (nSPS) is 42.0. The predicted molar refractivity (Wildman–Crippen MR) is 109 cm³/mol. The van der Waals surface area contributed by atoms with E-state index in [9.17, 15) is 9.59 Å². The number of carbonyl (C=O) groups is 2. The summed E-state index contributed by atoms with van der Waals surface area (Å²) in [6, 6.07) is 1.29. The van der Waals surface area contributed by atoms with E-state index in [0.29, 0.717) is 34.5 Å². The zero-order valence-corrected chi connectivity index (χ0v) is 17.6. The third-order valence-corrected chi connectivity index (χ3v) is 8.80. The van der Waals surface area contributed by atoms with Crippen LogP contribution in [0.1, 0.15) is 71.6 Å². The molecule has 0 aromatic heterocycles. The van der Waals surface area contributed by atoms with Gasteiger partial charge in [-0.2, -0.15) is 0 Å². The van der Waals surface area contributed by atoms with Gasteiger partial charge in [0.05, 0.1) is 5.37 Å². The van der Waals surface area contributed by atoms with Gasteiger partial charge in [-0.25, -0.2) is 0 Å². The van der Waals surface area contributed by atoms with Crippen LogP contribution >= 0.6 is 11.8 Å². The molecule has 5 nitrogen and oxygen atoms in total. The average molecular weight is 394 g/mol. The highest BCUT2D eigenvalue weighted by molar-refractivity contribution is 8.00. The van der Waals surface area contributed by atoms with Crippen LogP contribution in [0.5, 0.6) is 0 Å². The van der Waals surface area contributed by atoms with Crippen molar-refractivity contribution in [3.05, 3.63) is 0 Å². The lowest BCUT2D eigenvalue weighted by atomic mass is 9.79. The van der Waals surface area contributed by atoms with Gasteiger partial charge >= 0.3 is 0 Å². The van der Waals surface area contributed by atoms with Crippen LogP contribution in [0.4, 0.5) is 0 Å². The Kier molecular flexibility index (Phi) is 6.03. The van der Waals surface area contributed by atoms with Crippen molar-refractivity contribution in [2.45, 2.75) is 100 Å². The first kappa shape index (κ1) is 19.6. The molecule has 2 amide bonds. The Bertz CT molecular complexity index is 564. The molecule has 6 heteroatoms. The summed E-state index contributed by atoms with van der Waals surface area (Å²) in [5.41, 5.74) is 0. The van der Waals surface area contributed by atoms with E-state index in [1.807, 2.05) is 0 Å². The summed E-state index contributed by atoms with van der Waals surface area (Å²) in [7, 11) is 0. The number of likely N-dealkylation sites (tertiary alicyclic amines) is 1. The van der Waals surface area contributed by atoms with Gasteiger partial charge in [0.1, 0.15) is 0 Å². The quantitative estimate of drug-likeness (QED) is 0.757. The van der Waals surface area contributed by atoms with E-state index in [1.54, 1.807) is 6.92 Å². The SMILES string of the molecule is CC(=O)NC1CCC(C(=O)N2CCC3NC(C)SC3C3CCCCC32)CC1. The minimum absolute atomic E-state index is 0.0492. The van der Waals surface area contributed by atoms with Crippen LogP contribution in [-0.2, 0) is 9.59 Å². The van der Waals surface area contributed by atoms with Gasteiger partial charge in [0.15, 0.2) is 0 Å². The number of hydrogen-bond donors (Lipinski definition) is 2. The molecule has 4 aliphatic rings. The lowest BCUT2D eigenvalue weighted by Crippen LogP contribution is -2.50. The van der Waals surface area contributed by atoms with E-state index in [0.717, 1.165) is 38.6 Å². The Morgan fingerprint density at radius 2 is 1.78 bits per heavy atom. The fourth-order valence-electron chi connectivity index (χ4n) is 6.05. The van der Waals surface area contributed by atoms with Gasteiger partial charge in [-0.15, -0.1) is 11.8 Å². The van der Waals surface area contributed by atoms with Crippen molar-refractivity contribution in [3.8, 4) is 0 Å². The van der Waals surface area contributed by atoms with Crippen LogP contribution in [-0.4, -0.2) is 52.0 Å². The summed E-state index contributed by atoms with van der Waals surface area (Å²) in [6.07, 6.45) is 9.90. The first-order valence-corrected chi connectivity index (χ1v) is 12.0. The summed E-state index contributed by atoms with van der Waals surface area (Å²) < 4.78 is 0. The second kappa shape index (κ2) is 8.32. The van der Waals surface area contributed by atoms with Gasteiger partial charge in [-0.05, 0) is 57.8 Å². The topological polar surface area (TPSA) is 61.4 Å². The molecule has 2 saturated heterocycles. The van der Waals surface area contributed by atoms with Crippen LogP contribution in [0.2, 0.25) is 0 Å². The average Bonchev–Trinajstić information content (AvgIpc) is 2.95. The van der Waals surface area contributed by atoms with Crippen LogP contribution in [0, 0.1) is 11.8 Å². The summed E-state index contributed by atoms with van der Waals surface area (Å²) in [4.78, 5) is 27.1. The predicted octanol–water partition coefficient (Wildman–Crippen LogP) is 2.89. The molecule has 2 heterocycles. The Balaban J connectivity index is 1.43. The summed E-state index contributed by atoms with van der Waals surface area (Å²) >= 11 is 2.11. The number of hydrogen-bond acceptors (Lipinski definition) is 4. The van der Waals surface area contributed by atoms with Crippen molar-refractivity contribution < 1.29 is 9.59 Å². The van der Waals surface area contributed by atoms with E-state index in [2.05, 4.69) is 34.2 Å². The largest absolute Gasteiger partial charge is 0.354 e. The van der Waals surface area contributed by atoms with Crippen LogP contribution in [0.15, 0.2) is 0 Å². The van der Waals surface area contributed by atoms with Gasteiger partial charge in [-0.3, -0.25) is 9.59 Å². The fourth-order valence-corrected chi connectivity index (χ4v) is 7.70. The molecule has 5 atom stereocenters. The maximum Gasteiger partial charge on any atom is 0.225 e. The zero-order chi connectivity index (χ0) is 19.0. The summed E-state index contributed by atoms with van der Waals surface area (Å²) in [5.74, 6) is 1.28. The molecule has 0 aromatic carbocycles. The van der Waals surface area contributed by atoms with Gasteiger partial charge in [-0.1, -0.05) is 12.8 Å². The first-order valence-electron chi connectivity index (χ1n) is 11.0. The number of nitrogens with zero attached hydrogens (tertiary/aromatic N) is 1. The number of fused-ring (bicyclic) bond motifs is 3. The standard InChI is InChI=1S/C21H35N3O2S/c1-13(25)22-16-9-7-15(8-10-16)21(26)24-12-11-18-20(27-14(2)23-18)17-5-3-4-6-19(17)24/h14-20,23H,3-12H2,1-2H3,(H,22,25). The summed E-state index contributed by atoms with van der Waals surface area (Å²) in [5, 5.41) is 8.04. The second-order valence-corrected chi connectivity index (χ2v) is 10.6. The molecule has 2 aliphatic carbocycles. The molecule has 0 bridgehead atoms. The fraction of sp³-hybridized carbons (Fsp3) is 0.905. The third-order valence-electron chi connectivity index (χ3n) is 7.26. The smallest absolute Gasteiger partial charge is 0.225 e. The van der Waals surface area contributed by atoms with Crippen molar-refractivity contribution in [1.82, 2.24) is 15.5 Å². The minimum Gasteiger partial charge on any atom is -0.354 e. The molecule has 4 fully saturated rings. The number of rotatable bonds is 2. The van der Waals surface area contributed by atoms with Gasteiger partial charge in [0, 0.05) is 42.8 Å². The van der Waals surface area contributed by atoms with Crippen LogP contribution < -0.4 is 10.6 Å². The summed E-state index contributed by atoms with van der Waals surface area (Å²) in [6.45, 7) is 4.79. The lowest BCUT2D eigenvalue weighted by Gasteiger charge is -2.42. The molecule has 2 aliphatic heterocycles. The minimum atomic E-state index is 0.0492. The third kappa shape index (κ3) is 4.16. The Morgan fingerprint density at radius 3 is 2.52 bits per heavy atom. The lowest BCUT2D eigenvalue weighted by molar-refractivity contribution is -0.140. The molecule has 0 radical (unpaired) electrons. The van der Waals surface area contributed by atoms with Crippen molar-refractivity contribution in [2.75, 3.05) is 6.54 Å². The van der Waals surface area contributed by atoms with Gasteiger partial charge in [0.25, 0.3) is 0 Å². The van der Waals surface area contributed by atoms with Crippen molar-refractivity contribution in [1.29, 1.82) is 0 Å². The monoisotopic (exact) mass is 393 g/mol. The molecule has 0 spiro atoms. The molecule has 2 N–H and O–H groups in total. The van der Waals surface area contributed by atoms with E-state index >= 15 is 0 Å². The number of carbonyl (C=O) groups excluding carboxylic acids is 2. The van der Waals surface area contributed by atoms with Crippen LogP contribution in [0.3, 0.4) is 0 Å². The first-order chi connectivity index (χ1) is 13.0.